The summed E-state index contributed by atoms with van der Waals surface area (Å²) in [5.41, 5.74) is 1.90. The standard InChI is InChI=1S/C16H16O3S/c1-20(19)14-9-7-13(8-10-14)15(11-16(17)18)12-5-3-2-4-6-12/h2-10,15H,11H2,1H3,(H,17,18)/t15-,20-/m1/s1. The van der Waals surface area contributed by atoms with Crippen molar-refractivity contribution in [3.8, 4) is 0 Å². The van der Waals surface area contributed by atoms with E-state index >= 15 is 0 Å². The summed E-state index contributed by atoms with van der Waals surface area (Å²) >= 11 is 0. The van der Waals surface area contributed by atoms with E-state index in [0.29, 0.717) is 0 Å². The molecule has 0 aliphatic rings. The van der Waals surface area contributed by atoms with Gasteiger partial charge in [-0.05, 0) is 23.3 Å². The van der Waals surface area contributed by atoms with E-state index in [-0.39, 0.29) is 12.3 Å². The van der Waals surface area contributed by atoms with Crippen molar-refractivity contribution < 1.29 is 14.1 Å². The fourth-order valence-electron chi connectivity index (χ4n) is 2.18. The summed E-state index contributed by atoms with van der Waals surface area (Å²) in [7, 11) is -1.02. The lowest BCUT2D eigenvalue weighted by Gasteiger charge is -2.16. The smallest absolute Gasteiger partial charge is 0.304 e. The zero-order valence-corrected chi connectivity index (χ0v) is 12.0. The normalized spacial score (nSPS) is 13.7. The minimum atomic E-state index is -1.02. The van der Waals surface area contributed by atoms with E-state index in [0.717, 1.165) is 16.0 Å². The molecule has 0 bridgehead atoms. The summed E-state index contributed by atoms with van der Waals surface area (Å²) in [6, 6.07) is 16.9. The zero-order valence-electron chi connectivity index (χ0n) is 11.2. The second-order valence-corrected chi connectivity index (χ2v) is 5.96. The zero-order chi connectivity index (χ0) is 14.5. The molecular weight excluding hydrogens is 272 g/mol. The first-order valence-corrected chi connectivity index (χ1v) is 7.84. The Bertz CT molecular complexity index is 605. The molecule has 0 unspecified atom stereocenters. The highest BCUT2D eigenvalue weighted by Gasteiger charge is 2.17. The molecule has 1 N–H and O–H groups in total. The predicted octanol–water partition coefficient (Wildman–Crippen LogP) is 3.03. The second-order valence-electron chi connectivity index (χ2n) is 4.58. The SMILES string of the molecule is C[S@@](=O)c1ccc([C@H](CC(=O)O)c2ccccc2)cc1. The molecule has 2 aromatic carbocycles. The van der Waals surface area contributed by atoms with Crippen molar-refractivity contribution in [3.05, 3.63) is 65.7 Å². The molecule has 20 heavy (non-hydrogen) atoms. The van der Waals surface area contributed by atoms with E-state index in [4.69, 9.17) is 5.11 Å². The number of rotatable bonds is 5. The van der Waals surface area contributed by atoms with Crippen LogP contribution >= 0.6 is 0 Å². The van der Waals surface area contributed by atoms with Gasteiger partial charge in [0.15, 0.2) is 0 Å². The maximum Gasteiger partial charge on any atom is 0.304 e. The van der Waals surface area contributed by atoms with Gasteiger partial charge in [-0.3, -0.25) is 9.00 Å². The molecule has 4 heteroatoms. The van der Waals surface area contributed by atoms with Crippen LogP contribution in [0.2, 0.25) is 0 Å². The van der Waals surface area contributed by atoms with E-state index in [1.165, 1.54) is 0 Å². The van der Waals surface area contributed by atoms with Gasteiger partial charge in [-0.2, -0.15) is 0 Å². The lowest BCUT2D eigenvalue weighted by Crippen LogP contribution is -2.08. The fraction of sp³-hybridized carbons (Fsp3) is 0.188. The average Bonchev–Trinajstić information content (AvgIpc) is 2.45. The van der Waals surface area contributed by atoms with Crippen molar-refractivity contribution in [2.45, 2.75) is 17.2 Å². The Balaban J connectivity index is 2.36. The van der Waals surface area contributed by atoms with Gasteiger partial charge in [-0.1, -0.05) is 42.5 Å². The van der Waals surface area contributed by atoms with Crippen molar-refractivity contribution in [2.24, 2.45) is 0 Å². The summed E-state index contributed by atoms with van der Waals surface area (Å²) in [6.07, 6.45) is 1.67. The first-order valence-electron chi connectivity index (χ1n) is 6.28. The Kier molecular flexibility index (Phi) is 4.69. The molecule has 0 aromatic heterocycles. The first kappa shape index (κ1) is 14.5. The van der Waals surface area contributed by atoms with Crippen LogP contribution in [0.5, 0.6) is 0 Å². The van der Waals surface area contributed by atoms with Gasteiger partial charge in [-0.15, -0.1) is 0 Å². The number of hydrogen-bond acceptors (Lipinski definition) is 2. The van der Waals surface area contributed by atoms with Crippen molar-refractivity contribution in [1.82, 2.24) is 0 Å². The number of aliphatic carboxylic acids is 1. The number of carboxylic acids is 1. The molecule has 2 atom stereocenters. The largest absolute Gasteiger partial charge is 0.481 e. The van der Waals surface area contributed by atoms with Crippen LogP contribution in [0.4, 0.5) is 0 Å². The average molecular weight is 288 g/mol. The van der Waals surface area contributed by atoms with E-state index in [9.17, 15) is 9.00 Å². The third-order valence-corrected chi connectivity index (χ3v) is 4.13. The highest BCUT2D eigenvalue weighted by atomic mass is 32.2. The second kappa shape index (κ2) is 6.48. The number of carboxylic acid groups (broad SMARTS) is 1. The molecule has 0 spiro atoms. The van der Waals surface area contributed by atoms with Crippen LogP contribution in [0.25, 0.3) is 0 Å². The molecule has 0 saturated carbocycles. The van der Waals surface area contributed by atoms with Crippen LogP contribution < -0.4 is 0 Å². The van der Waals surface area contributed by atoms with Gasteiger partial charge in [0.05, 0.1) is 6.42 Å². The molecule has 2 rings (SSSR count). The highest BCUT2D eigenvalue weighted by molar-refractivity contribution is 7.84. The molecule has 0 aliphatic carbocycles. The molecule has 0 heterocycles. The minimum absolute atomic E-state index is 0.0403. The van der Waals surface area contributed by atoms with Gasteiger partial charge in [0.25, 0.3) is 0 Å². The molecule has 0 fully saturated rings. The van der Waals surface area contributed by atoms with Gasteiger partial charge in [0, 0.05) is 27.9 Å². The lowest BCUT2D eigenvalue weighted by atomic mass is 9.89. The topological polar surface area (TPSA) is 54.4 Å². The van der Waals surface area contributed by atoms with E-state index in [2.05, 4.69) is 0 Å². The maximum atomic E-state index is 11.4. The van der Waals surface area contributed by atoms with Crippen molar-refractivity contribution in [1.29, 1.82) is 0 Å². The fourth-order valence-corrected chi connectivity index (χ4v) is 2.70. The van der Waals surface area contributed by atoms with Crippen LogP contribution in [-0.4, -0.2) is 21.5 Å². The summed E-state index contributed by atoms with van der Waals surface area (Å²) in [5.74, 6) is -1.02. The monoisotopic (exact) mass is 288 g/mol. The first-order chi connectivity index (χ1) is 9.58. The third kappa shape index (κ3) is 3.54. The summed E-state index contributed by atoms with van der Waals surface area (Å²) in [5, 5.41) is 9.10. The maximum absolute atomic E-state index is 11.4. The number of carbonyl (C=O) groups is 1. The predicted molar refractivity (Wildman–Crippen MR) is 79.3 cm³/mol. The van der Waals surface area contributed by atoms with Crippen LogP contribution in [0.1, 0.15) is 23.5 Å². The Morgan fingerprint density at radius 1 is 1.05 bits per heavy atom. The Morgan fingerprint density at radius 2 is 1.60 bits per heavy atom. The molecule has 0 radical (unpaired) electrons. The van der Waals surface area contributed by atoms with Crippen LogP contribution in [0, 0.1) is 0 Å². The van der Waals surface area contributed by atoms with E-state index in [1.54, 1.807) is 18.4 Å². The van der Waals surface area contributed by atoms with Gasteiger partial charge in [0.1, 0.15) is 0 Å². The summed E-state index contributed by atoms with van der Waals surface area (Å²) < 4.78 is 11.4. The van der Waals surface area contributed by atoms with Crippen molar-refractivity contribution >= 4 is 16.8 Å². The minimum Gasteiger partial charge on any atom is -0.481 e. The van der Waals surface area contributed by atoms with Gasteiger partial charge in [0.2, 0.25) is 0 Å². The van der Waals surface area contributed by atoms with E-state index in [1.807, 2.05) is 42.5 Å². The molecular formula is C16H16O3S. The highest BCUT2D eigenvalue weighted by Crippen LogP contribution is 2.28. The summed E-state index contributed by atoms with van der Waals surface area (Å²) in [4.78, 5) is 11.8. The third-order valence-electron chi connectivity index (χ3n) is 3.20. The molecule has 0 amide bonds. The Labute approximate surface area is 120 Å². The molecule has 0 aliphatic heterocycles. The Hall–Kier alpha value is -1.94. The van der Waals surface area contributed by atoms with Gasteiger partial charge >= 0.3 is 5.97 Å². The van der Waals surface area contributed by atoms with E-state index < -0.39 is 16.8 Å². The Morgan fingerprint density at radius 3 is 2.10 bits per heavy atom. The lowest BCUT2D eigenvalue weighted by molar-refractivity contribution is -0.137. The summed E-state index contributed by atoms with van der Waals surface area (Å²) in [6.45, 7) is 0. The van der Waals surface area contributed by atoms with Crippen LogP contribution in [0.15, 0.2) is 59.5 Å². The van der Waals surface area contributed by atoms with Gasteiger partial charge < -0.3 is 5.11 Å². The molecule has 3 nitrogen and oxygen atoms in total. The van der Waals surface area contributed by atoms with Crippen LogP contribution in [0.3, 0.4) is 0 Å². The van der Waals surface area contributed by atoms with Crippen molar-refractivity contribution in [3.63, 3.8) is 0 Å². The van der Waals surface area contributed by atoms with Crippen LogP contribution in [-0.2, 0) is 15.6 Å². The molecule has 104 valence electrons. The molecule has 2 aromatic rings. The molecule has 0 saturated heterocycles. The van der Waals surface area contributed by atoms with Crippen molar-refractivity contribution in [2.75, 3.05) is 6.26 Å². The number of benzene rings is 2. The number of hydrogen-bond donors (Lipinski definition) is 1. The van der Waals surface area contributed by atoms with Gasteiger partial charge in [-0.25, -0.2) is 0 Å². The quantitative estimate of drug-likeness (QED) is 0.920.